The number of amides is 1. The van der Waals surface area contributed by atoms with Crippen molar-refractivity contribution in [1.82, 2.24) is 5.16 Å². The first-order chi connectivity index (χ1) is 14.5. The van der Waals surface area contributed by atoms with Gasteiger partial charge in [-0.1, -0.05) is 23.4 Å². The zero-order chi connectivity index (χ0) is 21.5. The minimum atomic E-state index is -0.466. The third-order valence-electron chi connectivity index (χ3n) is 4.35. The van der Waals surface area contributed by atoms with Crippen LogP contribution in [0.3, 0.4) is 0 Å². The second-order valence-corrected chi connectivity index (χ2v) is 7.46. The molecule has 0 saturated heterocycles. The van der Waals surface area contributed by atoms with E-state index in [9.17, 15) is 9.59 Å². The molecule has 0 fully saturated rings. The molecule has 8 heteroatoms. The Morgan fingerprint density at radius 3 is 2.67 bits per heavy atom. The lowest BCUT2D eigenvalue weighted by Gasteiger charge is -2.10. The molecule has 0 spiro atoms. The highest BCUT2D eigenvalue weighted by Crippen LogP contribution is 2.25. The van der Waals surface area contributed by atoms with Crippen LogP contribution in [0.25, 0.3) is 0 Å². The Hall–Kier alpha value is -3.26. The highest BCUT2D eigenvalue weighted by atomic mass is 32.2. The van der Waals surface area contributed by atoms with Crippen LogP contribution in [-0.4, -0.2) is 29.9 Å². The van der Waals surface area contributed by atoms with Gasteiger partial charge in [-0.25, -0.2) is 4.79 Å². The third-order valence-corrected chi connectivity index (χ3v) is 5.42. The normalized spacial score (nSPS) is 10.5. The Balaban J connectivity index is 1.60. The number of ether oxygens (including phenoxy) is 2. The van der Waals surface area contributed by atoms with Crippen LogP contribution in [0.15, 0.2) is 57.9 Å². The summed E-state index contributed by atoms with van der Waals surface area (Å²) < 4.78 is 15.7. The topological polar surface area (TPSA) is 90.7 Å². The number of hydrogen-bond acceptors (Lipinski definition) is 7. The fraction of sp³-hybridized carbons (Fsp3) is 0.227. The number of carbonyl (C=O) groups excluding carboxylic acids is 2. The summed E-state index contributed by atoms with van der Waals surface area (Å²) in [6.07, 6.45) is 0. The summed E-state index contributed by atoms with van der Waals surface area (Å²) in [4.78, 5) is 25.6. The first-order valence-corrected chi connectivity index (χ1v) is 10.2. The van der Waals surface area contributed by atoms with Gasteiger partial charge in [0, 0.05) is 16.6 Å². The first-order valence-electron chi connectivity index (χ1n) is 9.22. The van der Waals surface area contributed by atoms with Gasteiger partial charge in [-0.2, -0.15) is 0 Å². The molecule has 0 saturated carbocycles. The molecule has 0 aliphatic heterocycles. The van der Waals surface area contributed by atoms with Crippen LogP contribution in [0.2, 0.25) is 0 Å². The number of anilines is 1. The van der Waals surface area contributed by atoms with Gasteiger partial charge >= 0.3 is 5.97 Å². The Labute approximate surface area is 178 Å². The van der Waals surface area contributed by atoms with E-state index >= 15 is 0 Å². The van der Waals surface area contributed by atoms with Crippen molar-refractivity contribution in [2.24, 2.45) is 0 Å². The molecule has 0 unspecified atom stereocenters. The van der Waals surface area contributed by atoms with Gasteiger partial charge in [0.15, 0.2) is 0 Å². The van der Waals surface area contributed by atoms with Gasteiger partial charge in [0.2, 0.25) is 5.91 Å². The van der Waals surface area contributed by atoms with Crippen molar-refractivity contribution in [3.63, 3.8) is 0 Å². The Kier molecular flexibility index (Phi) is 7.13. The molecule has 0 aliphatic carbocycles. The summed E-state index contributed by atoms with van der Waals surface area (Å²) in [5.74, 6) is 0.771. The van der Waals surface area contributed by atoms with Crippen LogP contribution in [0.4, 0.5) is 5.69 Å². The number of thioether (sulfide) groups is 1. The molecule has 1 aromatic heterocycles. The molecule has 1 N–H and O–H groups in total. The maximum Gasteiger partial charge on any atom is 0.339 e. The highest BCUT2D eigenvalue weighted by Gasteiger charge is 2.17. The molecule has 3 rings (SSSR count). The molecule has 30 heavy (non-hydrogen) atoms. The second kappa shape index (κ2) is 9.98. The van der Waals surface area contributed by atoms with Gasteiger partial charge in [0.1, 0.15) is 18.1 Å². The van der Waals surface area contributed by atoms with Crippen LogP contribution >= 0.6 is 11.8 Å². The SMILES string of the molecule is COc1cccc(NC(=O)CSc2ccccc2C(=O)OCc2c(C)noc2C)c1. The lowest BCUT2D eigenvalue weighted by Crippen LogP contribution is -2.14. The second-order valence-electron chi connectivity index (χ2n) is 6.44. The fourth-order valence-electron chi connectivity index (χ4n) is 2.73. The molecule has 0 bridgehead atoms. The largest absolute Gasteiger partial charge is 0.497 e. The first kappa shape index (κ1) is 21.4. The summed E-state index contributed by atoms with van der Waals surface area (Å²) in [5, 5.41) is 6.67. The van der Waals surface area contributed by atoms with Gasteiger partial charge in [-0.3, -0.25) is 4.79 Å². The molecule has 7 nitrogen and oxygen atoms in total. The van der Waals surface area contributed by atoms with Crippen LogP contribution in [0.1, 0.15) is 27.4 Å². The van der Waals surface area contributed by atoms with E-state index in [1.165, 1.54) is 11.8 Å². The van der Waals surface area contributed by atoms with Crippen LogP contribution in [0, 0.1) is 13.8 Å². The summed E-state index contributed by atoms with van der Waals surface area (Å²) in [6, 6.07) is 14.2. The smallest absolute Gasteiger partial charge is 0.339 e. The number of aromatic nitrogens is 1. The maximum atomic E-state index is 12.6. The van der Waals surface area contributed by atoms with Gasteiger partial charge in [0.25, 0.3) is 0 Å². The van der Waals surface area contributed by atoms with E-state index < -0.39 is 5.97 Å². The van der Waals surface area contributed by atoms with E-state index in [4.69, 9.17) is 14.0 Å². The Bertz CT molecular complexity index is 1030. The number of nitrogens with zero attached hydrogens (tertiary/aromatic N) is 1. The fourth-order valence-corrected chi connectivity index (χ4v) is 3.57. The van der Waals surface area contributed by atoms with E-state index in [1.807, 2.05) is 6.07 Å². The average Bonchev–Trinajstić information content (AvgIpc) is 3.08. The van der Waals surface area contributed by atoms with Crippen molar-refractivity contribution in [3.05, 3.63) is 71.1 Å². The van der Waals surface area contributed by atoms with Crippen LogP contribution in [-0.2, 0) is 16.1 Å². The zero-order valence-electron chi connectivity index (χ0n) is 16.9. The number of esters is 1. The molecule has 2 aromatic carbocycles. The van der Waals surface area contributed by atoms with Gasteiger partial charge in [0.05, 0.1) is 29.7 Å². The third kappa shape index (κ3) is 5.42. The van der Waals surface area contributed by atoms with Crippen LogP contribution < -0.4 is 10.1 Å². The van der Waals surface area contributed by atoms with E-state index in [2.05, 4.69) is 10.5 Å². The molecule has 0 atom stereocenters. The van der Waals surface area contributed by atoms with Crippen LogP contribution in [0.5, 0.6) is 5.75 Å². The molecule has 1 heterocycles. The van der Waals surface area contributed by atoms with E-state index in [0.717, 1.165) is 5.56 Å². The minimum absolute atomic E-state index is 0.0787. The number of nitrogens with one attached hydrogen (secondary N) is 1. The number of hydrogen-bond donors (Lipinski definition) is 1. The quantitative estimate of drug-likeness (QED) is 0.422. The van der Waals surface area contributed by atoms with Crippen molar-refractivity contribution in [3.8, 4) is 5.75 Å². The minimum Gasteiger partial charge on any atom is -0.497 e. The van der Waals surface area contributed by atoms with Gasteiger partial charge in [-0.05, 0) is 38.1 Å². The number of benzene rings is 2. The van der Waals surface area contributed by atoms with Crippen molar-refractivity contribution < 1.29 is 23.6 Å². The lowest BCUT2D eigenvalue weighted by molar-refractivity contribution is -0.113. The number of carbonyl (C=O) groups is 2. The summed E-state index contributed by atoms with van der Waals surface area (Å²) in [7, 11) is 1.57. The van der Waals surface area contributed by atoms with Gasteiger partial charge < -0.3 is 19.3 Å². The number of rotatable bonds is 8. The van der Waals surface area contributed by atoms with Crippen molar-refractivity contribution in [2.45, 2.75) is 25.3 Å². The monoisotopic (exact) mass is 426 g/mol. The highest BCUT2D eigenvalue weighted by molar-refractivity contribution is 8.00. The van der Waals surface area contributed by atoms with Crippen molar-refractivity contribution >= 4 is 29.3 Å². The predicted octanol–water partition coefficient (Wildman–Crippen LogP) is 4.39. The summed E-state index contributed by atoms with van der Waals surface area (Å²) >= 11 is 1.27. The lowest BCUT2D eigenvalue weighted by atomic mass is 10.2. The Morgan fingerprint density at radius 1 is 1.13 bits per heavy atom. The molecular formula is C22H22N2O5S. The van der Waals surface area contributed by atoms with Crippen molar-refractivity contribution in [2.75, 3.05) is 18.2 Å². The van der Waals surface area contributed by atoms with Crippen molar-refractivity contribution in [1.29, 1.82) is 0 Å². The summed E-state index contributed by atoms with van der Waals surface area (Å²) in [5.41, 5.74) is 2.50. The molecule has 0 aliphatic rings. The number of methoxy groups -OCH3 is 1. The van der Waals surface area contributed by atoms with Gasteiger partial charge in [-0.15, -0.1) is 11.8 Å². The molecule has 3 aromatic rings. The standard InChI is InChI=1S/C22H22N2O5S/c1-14-19(15(2)29-24-14)12-28-22(26)18-9-4-5-10-20(18)30-13-21(25)23-16-7-6-8-17(11-16)27-3/h4-11H,12-13H2,1-3H3,(H,23,25). The zero-order valence-corrected chi connectivity index (χ0v) is 17.7. The molecule has 1 amide bonds. The maximum absolute atomic E-state index is 12.6. The summed E-state index contributed by atoms with van der Waals surface area (Å²) in [6.45, 7) is 3.65. The van der Waals surface area contributed by atoms with E-state index in [-0.39, 0.29) is 18.3 Å². The number of aryl methyl sites for hydroxylation is 2. The average molecular weight is 426 g/mol. The molecule has 156 valence electrons. The molecule has 0 radical (unpaired) electrons. The molecular weight excluding hydrogens is 404 g/mol. The van der Waals surface area contributed by atoms with E-state index in [0.29, 0.717) is 33.4 Å². The Morgan fingerprint density at radius 2 is 1.93 bits per heavy atom. The predicted molar refractivity (Wildman–Crippen MR) is 114 cm³/mol. The van der Waals surface area contributed by atoms with E-state index in [1.54, 1.807) is 63.4 Å².